The van der Waals surface area contributed by atoms with Crippen LogP contribution in [-0.2, 0) is 4.74 Å². The largest absolute Gasteiger partial charge is 0.387 e. The maximum Gasteiger partial charge on any atom is 0.193 e. The third-order valence-corrected chi connectivity index (χ3v) is 6.31. The van der Waals surface area contributed by atoms with Gasteiger partial charge in [0.05, 0.1) is 18.8 Å². The van der Waals surface area contributed by atoms with Crippen molar-refractivity contribution in [2.75, 3.05) is 71.0 Å². The Morgan fingerprint density at radius 3 is 2.91 bits per heavy atom. The molecule has 2 N–H and O–H groups in total. The number of morpholine rings is 1. The van der Waals surface area contributed by atoms with E-state index in [0.717, 1.165) is 69.8 Å². The molecular formula is C16H30N4O2S. The van der Waals surface area contributed by atoms with Crippen LogP contribution in [0, 0.1) is 5.92 Å². The van der Waals surface area contributed by atoms with Gasteiger partial charge in [-0.2, -0.15) is 11.8 Å². The number of aliphatic hydroxyl groups is 1. The summed E-state index contributed by atoms with van der Waals surface area (Å²) in [6.45, 7) is 7.76. The molecule has 2 atom stereocenters. The predicted octanol–water partition coefficient (Wildman–Crippen LogP) is 0.0839. The minimum atomic E-state index is -0.562. The first-order valence-electron chi connectivity index (χ1n) is 8.74. The first-order valence-corrected chi connectivity index (χ1v) is 9.90. The molecule has 0 aromatic heterocycles. The lowest BCUT2D eigenvalue weighted by atomic mass is 10.0. The molecule has 3 fully saturated rings. The van der Waals surface area contributed by atoms with Crippen LogP contribution in [0.3, 0.4) is 0 Å². The van der Waals surface area contributed by atoms with E-state index in [2.05, 4.69) is 20.1 Å². The molecule has 3 rings (SSSR count). The zero-order valence-corrected chi connectivity index (χ0v) is 15.0. The third kappa shape index (κ3) is 4.75. The highest BCUT2D eigenvalue weighted by atomic mass is 32.2. The summed E-state index contributed by atoms with van der Waals surface area (Å²) < 4.78 is 5.42. The van der Waals surface area contributed by atoms with Gasteiger partial charge in [-0.25, -0.2) is 0 Å². The Morgan fingerprint density at radius 2 is 2.22 bits per heavy atom. The van der Waals surface area contributed by atoms with Gasteiger partial charge >= 0.3 is 0 Å². The summed E-state index contributed by atoms with van der Waals surface area (Å²) in [7, 11) is 1.84. The SMILES string of the molecule is CN=C(NCC1(O)CCSC1)N1CCC(CN2CCOCC2)C1. The van der Waals surface area contributed by atoms with E-state index < -0.39 is 5.60 Å². The second-order valence-electron chi connectivity index (χ2n) is 6.94. The van der Waals surface area contributed by atoms with Gasteiger partial charge in [-0.15, -0.1) is 0 Å². The number of nitrogens with one attached hydrogen (secondary N) is 1. The molecule has 0 radical (unpaired) electrons. The standard InChI is InChI=1S/C16H30N4O2S/c1-17-15(18-12-16(21)3-9-23-13-16)20-4-2-14(11-20)10-19-5-7-22-8-6-19/h14,21H,2-13H2,1H3,(H,17,18). The normalized spacial score (nSPS) is 33.4. The Bertz CT molecular complexity index is 409. The minimum absolute atomic E-state index is 0.562. The van der Waals surface area contributed by atoms with Gasteiger partial charge in [0.25, 0.3) is 0 Å². The molecule has 3 aliphatic rings. The summed E-state index contributed by atoms with van der Waals surface area (Å²) in [5, 5.41) is 13.9. The Morgan fingerprint density at radius 1 is 1.39 bits per heavy atom. The van der Waals surface area contributed by atoms with Crippen LogP contribution in [0.5, 0.6) is 0 Å². The van der Waals surface area contributed by atoms with Gasteiger partial charge in [0.2, 0.25) is 0 Å². The lowest BCUT2D eigenvalue weighted by molar-refractivity contribution is 0.0315. The van der Waals surface area contributed by atoms with Crippen LogP contribution in [0.2, 0.25) is 0 Å². The molecule has 0 aromatic rings. The van der Waals surface area contributed by atoms with Crippen molar-refractivity contribution in [2.24, 2.45) is 10.9 Å². The quantitative estimate of drug-likeness (QED) is 0.558. The maximum absolute atomic E-state index is 10.5. The molecule has 23 heavy (non-hydrogen) atoms. The topological polar surface area (TPSA) is 60.3 Å². The second-order valence-corrected chi connectivity index (χ2v) is 8.05. The molecule has 0 bridgehead atoms. The lowest BCUT2D eigenvalue weighted by Crippen LogP contribution is -2.48. The maximum atomic E-state index is 10.5. The van der Waals surface area contributed by atoms with Crippen molar-refractivity contribution >= 4 is 17.7 Å². The number of hydrogen-bond acceptors (Lipinski definition) is 5. The number of ether oxygens (including phenoxy) is 1. The fourth-order valence-electron chi connectivity index (χ4n) is 3.63. The molecule has 3 heterocycles. The van der Waals surface area contributed by atoms with Crippen molar-refractivity contribution in [3.05, 3.63) is 0 Å². The Kier molecular flexibility index (Phi) is 6.07. The third-order valence-electron chi connectivity index (χ3n) is 5.08. The van der Waals surface area contributed by atoms with Crippen molar-refractivity contribution in [3.8, 4) is 0 Å². The zero-order valence-electron chi connectivity index (χ0n) is 14.2. The van der Waals surface area contributed by atoms with Crippen molar-refractivity contribution < 1.29 is 9.84 Å². The molecule has 132 valence electrons. The van der Waals surface area contributed by atoms with Gasteiger partial charge in [-0.1, -0.05) is 0 Å². The molecule has 0 aromatic carbocycles. The van der Waals surface area contributed by atoms with Crippen LogP contribution >= 0.6 is 11.8 Å². The van der Waals surface area contributed by atoms with Gasteiger partial charge in [0.15, 0.2) is 5.96 Å². The number of aliphatic imine (C=N–C) groups is 1. The summed E-state index contributed by atoms with van der Waals surface area (Å²) in [4.78, 5) is 9.29. The van der Waals surface area contributed by atoms with Crippen LogP contribution in [0.4, 0.5) is 0 Å². The summed E-state index contributed by atoms with van der Waals surface area (Å²) in [6, 6.07) is 0. The van der Waals surface area contributed by atoms with Crippen molar-refractivity contribution in [1.29, 1.82) is 0 Å². The first-order chi connectivity index (χ1) is 11.2. The Balaban J connectivity index is 1.44. The smallest absolute Gasteiger partial charge is 0.193 e. The molecule has 2 unspecified atom stereocenters. The van der Waals surface area contributed by atoms with Gasteiger partial charge in [0.1, 0.15) is 0 Å². The molecule has 6 nitrogen and oxygen atoms in total. The number of likely N-dealkylation sites (tertiary alicyclic amines) is 1. The fraction of sp³-hybridized carbons (Fsp3) is 0.938. The molecule has 0 spiro atoms. The summed E-state index contributed by atoms with van der Waals surface area (Å²) in [5.74, 6) is 3.54. The average Bonchev–Trinajstić information content (AvgIpc) is 3.19. The second kappa shape index (κ2) is 8.05. The number of hydrogen-bond donors (Lipinski definition) is 2. The van der Waals surface area contributed by atoms with E-state index in [4.69, 9.17) is 4.74 Å². The van der Waals surface area contributed by atoms with Crippen molar-refractivity contribution in [3.63, 3.8) is 0 Å². The molecule has 0 saturated carbocycles. The van der Waals surface area contributed by atoms with Gasteiger partial charge in [0, 0.05) is 52.1 Å². The van der Waals surface area contributed by atoms with Crippen LogP contribution in [0.15, 0.2) is 4.99 Å². The Hall–Kier alpha value is -0.500. The van der Waals surface area contributed by atoms with E-state index in [1.165, 1.54) is 6.42 Å². The molecule has 7 heteroatoms. The molecule has 3 saturated heterocycles. The summed E-state index contributed by atoms with van der Waals surface area (Å²) >= 11 is 1.83. The summed E-state index contributed by atoms with van der Waals surface area (Å²) in [6.07, 6.45) is 2.10. The number of rotatable bonds is 4. The zero-order chi connectivity index (χ0) is 16.1. The van der Waals surface area contributed by atoms with E-state index >= 15 is 0 Å². The van der Waals surface area contributed by atoms with Crippen LogP contribution in [-0.4, -0.2) is 97.5 Å². The monoisotopic (exact) mass is 342 g/mol. The highest BCUT2D eigenvalue weighted by Crippen LogP contribution is 2.27. The summed E-state index contributed by atoms with van der Waals surface area (Å²) in [5.41, 5.74) is -0.562. The molecule has 0 amide bonds. The van der Waals surface area contributed by atoms with E-state index in [9.17, 15) is 5.11 Å². The van der Waals surface area contributed by atoms with Gasteiger partial charge < -0.3 is 20.1 Å². The lowest BCUT2D eigenvalue weighted by Gasteiger charge is -2.29. The highest BCUT2D eigenvalue weighted by Gasteiger charge is 2.33. The molecular weight excluding hydrogens is 312 g/mol. The number of thioether (sulfide) groups is 1. The minimum Gasteiger partial charge on any atom is -0.387 e. The van der Waals surface area contributed by atoms with E-state index in [1.807, 2.05) is 18.8 Å². The fourth-order valence-corrected chi connectivity index (χ4v) is 4.93. The van der Waals surface area contributed by atoms with E-state index in [-0.39, 0.29) is 0 Å². The van der Waals surface area contributed by atoms with Crippen molar-refractivity contribution in [1.82, 2.24) is 15.1 Å². The van der Waals surface area contributed by atoms with Gasteiger partial charge in [-0.05, 0) is 24.5 Å². The van der Waals surface area contributed by atoms with Crippen LogP contribution in [0.25, 0.3) is 0 Å². The average molecular weight is 343 g/mol. The first kappa shape index (κ1) is 17.3. The van der Waals surface area contributed by atoms with E-state index in [1.54, 1.807) is 0 Å². The van der Waals surface area contributed by atoms with Crippen LogP contribution in [0.1, 0.15) is 12.8 Å². The Labute approximate surface area is 143 Å². The van der Waals surface area contributed by atoms with E-state index in [0.29, 0.717) is 12.5 Å². The highest BCUT2D eigenvalue weighted by molar-refractivity contribution is 7.99. The predicted molar refractivity (Wildman–Crippen MR) is 95.2 cm³/mol. The van der Waals surface area contributed by atoms with Gasteiger partial charge in [-0.3, -0.25) is 9.89 Å². The van der Waals surface area contributed by atoms with Crippen LogP contribution < -0.4 is 5.32 Å². The molecule has 3 aliphatic heterocycles. The number of nitrogens with zero attached hydrogens (tertiary/aromatic N) is 3. The molecule has 0 aliphatic carbocycles. The number of guanidine groups is 1. The van der Waals surface area contributed by atoms with Crippen molar-refractivity contribution in [2.45, 2.75) is 18.4 Å².